The molecule has 0 fully saturated rings. The fourth-order valence-corrected chi connectivity index (χ4v) is 2.46. The predicted molar refractivity (Wildman–Crippen MR) is 112 cm³/mol. The third-order valence-electron chi connectivity index (χ3n) is 3.92. The van der Waals surface area contributed by atoms with E-state index in [-0.39, 0.29) is 6.54 Å². The van der Waals surface area contributed by atoms with Crippen molar-refractivity contribution < 1.29 is 28.2 Å². The van der Waals surface area contributed by atoms with Gasteiger partial charge in [-0.1, -0.05) is 31.2 Å². The van der Waals surface area contributed by atoms with Gasteiger partial charge >= 0.3 is 5.97 Å². The number of halogens is 1. The fourth-order valence-electron chi connectivity index (χ4n) is 2.46. The topological polar surface area (TPSA) is 73.9 Å². The summed E-state index contributed by atoms with van der Waals surface area (Å²) in [7, 11) is 0. The van der Waals surface area contributed by atoms with Crippen LogP contribution in [0, 0.1) is 5.82 Å². The molecular weight excluding hydrogens is 389 g/mol. The first-order chi connectivity index (χ1) is 14.5. The van der Waals surface area contributed by atoms with Crippen molar-refractivity contribution in [1.29, 1.82) is 0 Å². The summed E-state index contributed by atoms with van der Waals surface area (Å²) in [4.78, 5) is 23.6. The molecule has 0 bridgehead atoms. The fraction of sp³-hybridized carbons (Fsp3) is 0.304. The monoisotopic (exact) mass is 415 g/mol. The molecule has 2 rings (SSSR count). The van der Waals surface area contributed by atoms with Crippen LogP contribution in [0.5, 0.6) is 11.5 Å². The van der Waals surface area contributed by atoms with Gasteiger partial charge in [0.25, 0.3) is 5.91 Å². The van der Waals surface area contributed by atoms with Crippen LogP contribution >= 0.6 is 0 Å². The lowest BCUT2D eigenvalue weighted by Gasteiger charge is -2.12. The molecule has 0 unspecified atom stereocenters. The number of rotatable bonds is 11. The van der Waals surface area contributed by atoms with Crippen LogP contribution in [-0.2, 0) is 20.9 Å². The zero-order chi connectivity index (χ0) is 21.8. The molecule has 0 spiro atoms. The van der Waals surface area contributed by atoms with E-state index >= 15 is 0 Å². The molecule has 0 atom stereocenters. The minimum Gasteiger partial charge on any atom is -0.490 e. The molecule has 30 heavy (non-hydrogen) atoms. The zero-order valence-electron chi connectivity index (χ0n) is 17.2. The van der Waals surface area contributed by atoms with Crippen molar-refractivity contribution >= 4 is 18.0 Å². The Morgan fingerprint density at radius 2 is 1.87 bits per heavy atom. The van der Waals surface area contributed by atoms with E-state index in [0.717, 1.165) is 12.0 Å². The van der Waals surface area contributed by atoms with E-state index < -0.39 is 24.3 Å². The molecule has 1 N–H and O–H groups in total. The maximum atomic E-state index is 13.5. The van der Waals surface area contributed by atoms with Crippen molar-refractivity contribution in [2.45, 2.75) is 26.8 Å². The summed E-state index contributed by atoms with van der Waals surface area (Å²) in [6.45, 7) is 4.53. The van der Waals surface area contributed by atoms with Crippen molar-refractivity contribution in [2.75, 3.05) is 19.8 Å². The summed E-state index contributed by atoms with van der Waals surface area (Å²) in [6, 6.07) is 11.5. The molecule has 0 aliphatic heterocycles. The largest absolute Gasteiger partial charge is 0.490 e. The highest BCUT2D eigenvalue weighted by Gasteiger charge is 2.08. The lowest BCUT2D eigenvalue weighted by atomic mass is 10.2. The van der Waals surface area contributed by atoms with Gasteiger partial charge in [-0.3, -0.25) is 4.79 Å². The van der Waals surface area contributed by atoms with Gasteiger partial charge in [0.2, 0.25) is 0 Å². The molecule has 1 amide bonds. The summed E-state index contributed by atoms with van der Waals surface area (Å²) in [5.74, 6) is -0.356. The minimum atomic E-state index is -0.666. The smallest absolute Gasteiger partial charge is 0.331 e. The van der Waals surface area contributed by atoms with Crippen LogP contribution in [0.15, 0.2) is 48.5 Å². The first-order valence-electron chi connectivity index (χ1n) is 9.78. The van der Waals surface area contributed by atoms with Gasteiger partial charge in [-0.25, -0.2) is 9.18 Å². The second kappa shape index (κ2) is 12.3. The molecule has 2 aromatic carbocycles. The maximum absolute atomic E-state index is 13.5. The number of amides is 1. The van der Waals surface area contributed by atoms with Crippen molar-refractivity contribution in [3.05, 3.63) is 65.5 Å². The molecule has 0 saturated heterocycles. The number of ether oxygens (including phenoxy) is 3. The average Bonchev–Trinajstić information content (AvgIpc) is 2.75. The number of hydrogen-bond acceptors (Lipinski definition) is 5. The summed E-state index contributed by atoms with van der Waals surface area (Å²) in [5, 5.41) is 2.50. The van der Waals surface area contributed by atoms with Crippen LogP contribution < -0.4 is 14.8 Å². The summed E-state index contributed by atoms with van der Waals surface area (Å²) >= 11 is 0. The molecule has 6 nitrogen and oxygen atoms in total. The first-order valence-corrected chi connectivity index (χ1v) is 9.78. The lowest BCUT2D eigenvalue weighted by Crippen LogP contribution is -2.28. The second-order valence-electron chi connectivity index (χ2n) is 6.30. The van der Waals surface area contributed by atoms with Gasteiger partial charge in [-0.15, -0.1) is 0 Å². The molecule has 7 heteroatoms. The summed E-state index contributed by atoms with van der Waals surface area (Å²) < 4.78 is 29.6. The molecule has 160 valence electrons. The number of hydrogen-bond donors (Lipinski definition) is 1. The van der Waals surface area contributed by atoms with Gasteiger partial charge in [0.15, 0.2) is 18.1 Å². The highest BCUT2D eigenvalue weighted by atomic mass is 19.1. The Labute approximate surface area is 175 Å². The van der Waals surface area contributed by atoms with E-state index in [2.05, 4.69) is 5.32 Å². The maximum Gasteiger partial charge on any atom is 0.331 e. The number of carbonyl (C=O) groups is 2. The summed E-state index contributed by atoms with van der Waals surface area (Å²) in [6.07, 6.45) is 3.67. The zero-order valence-corrected chi connectivity index (χ0v) is 17.2. The van der Waals surface area contributed by atoms with E-state index in [0.29, 0.717) is 30.3 Å². The lowest BCUT2D eigenvalue weighted by molar-refractivity contribution is -0.143. The van der Waals surface area contributed by atoms with E-state index in [1.807, 2.05) is 13.8 Å². The standard InChI is InChI=1S/C23H26FNO5/c1-3-13-29-20-11-9-17(14-21(20)28-4-2)10-12-23(27)30-16-22(26)25-15-18-7-5-6-8-19(18)24/h5-12,14H,3-4,13,15-16H2,1-2H3,(H,25,26)/b12-10+. The van der Waals surface area contributed by atoms with Crippen molar-refractivity contribution in [1.82, 2.24) is 5.32 Å². The third kappa shape index (κ3) is 7.58. The average molecular weight is 415 g/mol. The Morgan fingerprint density at radius 3 is 2.60 bits per heavy atom. The molecule has 0 aliphatic carbocycles. The number of esters is 1. The van der Waals surface area contributed by atoms with Gasteiger partial charge in [0.05, 0.1) is 13.2 Å². The highest BCUT2D eigenvalue weighted by molar-refractivity contribution is 5.89. The Balaban J connectivity index is 1.84. The van der Waals surface area contributed by atoms with Crippen LogP contribution in [0.25, 0.3) is 6.08 Å². The third-order valence-corrected chi connectivity index (χ3v) is 3.92. The molecule has 0 radical (unpaired) electrons. The molecule has 0 aromatic heterocycles. The second-order valence-corrected chi connectivity index (χ2v) is 6.30. The van der Waals surface area contributed by atoms with E-state index in [1.54, 1.807) is 42.5 Å². The Kier molecular flexibility index (Phi) is 9.37. The molecule has 0 heterocycles. The van der Waals surface area contributed by atoms with Crippen LogP contribution in [0.1, 0.15) is 31.4 Å². The van der Waals surface area contributed by atoms with E-state index in [4.69, 9.17) is 14.2 Å². The Hall–Kier alpha value is -3.35. The van der Waals surface area contributed by atoms with E-state index in [1.165, 1.54) is 12.1 Å². The Bertz CT molecular complexity index is 882. The number of carbonyl (C=O) groups excluding carboxylic acids is 2. The minimum absolute atomic E-state index is 0.0194. The molecule has 2 aromatic rings. The van der Waals surface area contributed by atoms with Crippen LogP contribution in [0.2, 0.25) is 0 Å². The van der Waals surface area contributed by atoms with Crippen LogP contribution in [-0.4, -0.2) is 31.7 Å². The first kappa shape index (κ1) is 22.9. The van der Waals surface area contributed by atoms with Crippen molar-refractivity contribution in [3.8, 4) is 11.5 Å². The molecule has 0 saturated carbocycles. The highest BCUT2D eigenvalue weighted by Crippen LogP contribution is 2.29. The molecule has 0 aliphatic rings. The number of nitrogens with one attached hydrogen (secondary N) is 1. The number of benzene rings is 2. The van der Waals surface area contributed by atoms with Gasteiger partial charge < -0.3 is 19.5 Å². The summed E-state index contributed by atoms with van der Waals surface area (Å²) in [5.41, 5.74) is 1.08. The van der Waals surface area contributed by atoms with Gasteiger partial charge in [-0.05, 0) is 43.2 Å². The predicted octanol–water partition coefficient (Wildman–Crippen LogP) is 3.89. The van der Waals surface area contributed by atoms with Crippen molar-refractivity contribution in [2.24, 2.45) is 0 Å². The Morgan fingerprint density at radius 1 is 1.07 bits per heavy atom. The van der Waals surface area contributed by atoms with Gasteiger partial charge in [0, 0.05) is 18.2 Å². The van der Waals surface area contributed by atoms with Crippen LogP contribution in [0.3, 0.4) is 0 Å². The van der Waals surface area contributed by atoms with Gasteiger partial charge in [0.1, 0.15) is 5.82 Å². The quantitative estimate of drug-likeness (QED) is 0.445. The van der Waals surface area contributed by atoms with E-state index in [9.17, 15) is 14.0 Å². The van der Waals surface area contributed by atoms with Crippen molar-refractivity contribution in [3.63, 3.8) is 0 Å². The SMILES string of the molecule is CCCOc1ccc(/C=C/C(=O)OCC(=O)NCc2ccccc2F)cc1OCC. The van der Waals surface area contributed by atoms with Gasteiger partial charge in [-0.2, -0.15) is 0 Å². The van der Waals surface area contributed by atoms with Crippen LogP contribution in [0.4, 0.5) is 4.39 Å². The molecular formula is C23H26FNO5. The normalized spacial score (nSPS) is 10.6.